The van der Waals surface area contributed by atoms with Crippen molar-refractivity contribution in [2.45, 2.75) is 11.1 Å². The first-order chi connectivity index (χ1) is 21.0. The Hall–Kier alpha value is -5.28. The number of rotatable bonds is 10. The average Bonchev–Trinajstić information content (AvgIpc) is 3.47. The maximum absolute atomic E-state index is 13.8. The summed E-state index contributed by atoms with van der Waals surface area (Å²) in [6.07, 6.45) is 0. The number of carbonyl (C=O) groups is 4. The molecule has 6 amide bonds. The first kappa shape index (κ1) is 27.9. The van der Waals surface area contributed by atoms with Crippen LogP contribution in [0.1, 0.15) is 22.3 Å². The zero-order valence-electron chi connectivity index (χ0n) is 23.3. The van der Waals surface area contributed by atoms with E-state index < -0.39 is 35.0 Å². The summed E-state index contributed by atoms with van der Waals surface area (Å²) in [6.45, 7) is 0.0738. The van der Waals surface area contributed by atoms with E-state index >= 15 is 0 Å². The van der Waals surface area contributed by atoms with Crippen molar-refractivity contribution in [3.8, 4) is 0 Å². The first-order valence-electron chi connectivity index (χ1n) is 14.1. The van der Waals surface area contributed by atoms with Crippen molar-refractivity contribution in [3.63, 3.8) is 0 Å². The maximum atomic E-state index is 13.8. The number of hydrogen-bond donors (Lipinski definition) is 2. The minimum atomic E-state index is -1.35. The molecule has 43 heavy (non-hydrogen) atoms. The number of amides is 6. The molecule has 2 aliphatic rings. The molecule has 0 radical (unpaired) electrons. The van der Waals surface area contributed by atoms with Gasteiger partial charge in [-0.05, 0) is 22.3 Å². The van der Waals surface area contributed by atoms with E-state index in [1.165, 1.54) is 0 Å². The smallest absolute Gasteiger partial charge is 0.325 e. The minimum Gasteiger partial charge on any atom is -0.378 e. The summed E-state index contributed by atoms with van der Waals surface area (Å²) in [6, 6.07) is 35.5. The minimum absolute atomic E-state index is 0.00416. The van der Waals surface area contributed by atoms with Gasteiger partial charge in [-0.15, -0.1) is 0 Å². The number of hydrogen-bond acceptors (Lipinski definition) is 5. The van der Waals surface area contributed by atoms with Crippen LogP contribution < -0.4 is 10.6 Å². The predicted molar refractivity (Wildman–Crippen MR) is 159 cm³/mol. The molecule has 2 aliphatic heterocycles. The van der Waals surface area contributed by atoms with Crippen LogP contribution in [-0.4, -0.2) is 60.0 Å². The summed E-state index contributed by atoms with van der Waals surface area (Å²) >= 11 is 0. The molecule has 6 rings (SSSR count). The number of ether oxygens (including phenoxy) is 1. The lowest BCUT2D eigenvalue weighted by Gasteiger charge is -2.28. The summed E-state index contributed by atoms with van der Waals surface area (Å²) in [5.41, 5.74) is -0.0807. The second-order valence-electron chi connectivity index (χ2n) is 10.4. The van der Waals surface area contributed by atoms with Crippen LogP contribution in [0.15, 0.2) is 121 Å². The van der Waals surface area contributed by atoms with Gasteiger partial charge < -0.3 is 15.4 Å². The van der Waals surface area contributed by atoms with Crippen molar-refractivity contribution < 1.29 is 23.9 Å². The van der Waals surface area contributed by atoms with E-state index in [0.29, 0.717) is 22.3 Å². The van der Waals surface area contributed by atoms with Crippen molar-refractivity contribution in [2.75, 3.05) is 26.3 Å². The number of nitrogens with zero attached hydrogens (tertiary/aromatic N) is 2. The SMILES string of the molecule is O=C1NC(c2ccccc2)(c2ccccc2)C(=O)N1CCOCCN1C(=O)NC(c2ccccc2)(c2ccccc2)C1=O. The van der Waals surface area contributed by atoms with Crippen LogP contribution >= 0.6 is 0 Å². The Morgan fingerprint density at radius 3 is 1.02 bits per heavy atom. The number of urea groups is 2. The Labute approximate surface area is 249 Å². The Bertz CT molecular complexity index is 1430. The van der Waals surface area contributed by atoms with Gasteiger partial charge in [0.05, 0.1) is 26.3 Å². The highest BCUT2D eigenvalue weighted by Gasteiger charge is 2.54. The Morgan fingerprint density at radius 2 is 0.744 bits per heavy atom. The fraction of sp³-hybridized carbons (Fsp3) is 0.176. The molecule has 0 aromatic heterocycles. The molecule has 9 nitrogen and oxygen atoms in total. The third-order valence-corrected chi connectivity index (χ3v) is 7.96. The summed E-state index contributed by atoms with van der Waals surface area (Å²) in [5.74, 6) is -0.800. The van der Waals surface area contributed by atoms with E-state index in [1.807, 2.05) is 121 Å². The number of benzene rings is 4. The van der Waals surface area contributed by atoms with Crippen LogP contribution in [0.5, 0.6) is 0 Å². The molecule has 2 N–H and O–H groups in total. The van der Waals surface area contributed by atoms with Crippen molar-refractivity contribution in [1.82, 2.24) is 20.4 Å². The molecule has 2 saturated heterocycles. The van der Waals surface area contributed by atoms with Gasteiger partial charge in [0.25, 0.3) is 11.8 Å². The molecule has 0 bridgehead atoms. The van der Waals surface area contributed by atoms with E-state index in [9.17, 15) is 19.2 Å². The van der Waals surface area contributed by atoms with Crippen LogP contribution in [0, 0.1) is 0 Å². The number of carbonyl (C=O) groups excluding carboxylic acids is 4. The standard InChI is InChI=1S/C34H30N4O5/c39-29-33(25-13-5-1-6-14-25,26-15-7-2-8-16-26)35-31(41)37(29)21-23-43-24-22-38-30(40)34(36-32(38)42,27-17-9-3-10-18-27)28-19-11-4-12-20-28/h1-20H,21-24H2,(H,35,41)(H,36,42). The molecule has 0 unspecified atom stereocenters. The third kappa shape index (κ3) is 4.73. The highest BCUT2D eigenvalue weighted by Crippen LogP contribution is 2.37. The topological polar surface area (TPSA) is 108 Å². The normalized spacial score (nSPS) is 17.2. The van der Waals surface area contributed by atoms with E-state index in [4.69, 9.17) is 4.74 Å². The lowest BCUT2D eigenvalue weighted by atomic mass is 9.82. The zero-order valence-corrected chi connectivity index (χ0v) is 23.3. The molecule has 4 aromatic carbocycles. The summed E-state index contributed by atoms with van der Waals surface area (Å²) in [4.78, 5) is 56.1. The van der Waals surface area contributed by atoms with Crippen molar-refractivity contribution in [2.24, 2.45) is 0 Å². The molecule has 216 valence electrons. The van der Waals surface area contributed by atoms with Crippen LogP contribution in [0.3, 0.4) is 0 Å². The highest BCUT2D eigenvalue weighted by atomic mass is 16.5. The largest absolute Gasteiger partial charge is 0.378 e. The molecule has 4 aromatic rings. The second kappa shape index (κ2) is 11.5. The Kier molecular flexibility index (Phi) is 7.48. The first-order valence-corrected chi connectivity index (χ1v) is 14.1. The quantitative estimate of drug-likeness (QED) is 0.220. The Balaban J connectivity index is 1.13. The van der Waals surface area contributed by atoms with Gasteiger partial charge in [0, 0.05) is 0 Å². The van der Waals surface area contributed by atoms with Gasteiger partial charge in [0.1, 0.15) is 0 Å². The fourth-order valence-corrected chi connectivity index (χ4v) is 5.84. The summed E-state index contributed by atoms with van der Waals surface area (Å²) in [7, 11) is 0. The fourth-order valence-electron chi connectivity index (χ4n) is 5.84. The molecular formula is C34H30N4O5. The van der Waals surface area contributed by atoms with Gasteiger partial charge in [-0.1, -0.05) is 121 Å². The van der Waals surface area contributed by atoms with E-state index in [2.05, 4.69) is 10.6 Å². The average molecular weight is 575 g/mol. The highest BCUT2D eigenvalue weighted by molar-refractivity contribution is 6.10. The maximum Gasteiger partial charge on any atom is 0.325 e. The monoisotopic (exact) mass is 574 g/mol. The second-order valence-corrected chi connectivity index (χ2v) is 10.4. The molecule has 0 spiro atoms. The van der Waals surface area contributed by atoms with Gasteiger partial charge in [0.2, 0.25) is 0 Å². The molecule has 0 saturated carbocycles. The van der Waals surface area contributed by atoms with Gasteiger partial charge in [-0.3, -0.25) is 19.4 Å². The summed E-state index contributed by atoms with van der Waals surface area (Å²) in [5, 5.41) is 5.83. The number of nitrogens with one attached hydrogen (secondary N) is 2. The molecule has 0 aliphatic carbocycles. The lowest BCUT2D eigenvalue weighted by molar-refractivity contribution is -0.130. The molecule has 2 heterocycles. The number of imide groups is 2. The predicted octanol–water partition coefficient (Wildman–Crippen LogP) is 3.99. The van der Waals surface area contributed by atoms with Gasteiger partial charge >= 0.3 is 12.1 Å². The van der Waals surface area contributed by atoms with Crippen molar-refractivity contribution >= 4 is 23.9 Å². The van der Waals surface area contributed by atoms with Crippen LogP contribution in [0.25, 0.3) is 0 Å². The molecule has 0 atom stereocenters. The van der Waals surface area contributed by atoms with Gasteiger partial charge in [-0.2, -0.15) is 0 Å². The van der Waals surface area contributed by atoms with Gasteiger partial charge in [0.15, 0.2) is 11.1 Å². The van der Waals surface area contributed by atoms with Crippen LogP contribution in [0.2, 0.25) is 0 Å². The van der Waals surface area contributed by atoms with E-state index in [-0.39, 0.29) is 26.3 Å². The molecule has 9 heteroatoms. The zero-order chi connectivity index (χ0) is 29.9. The van der Waals surface area contributed by atoms with Crippen LogP contribution in [0.4, 0.5) is 9.59 Å². The van der Waals surface area contributed by atoms with Crippen molar-refractivity contribution in [3.05, 3.63) is 144 Å². The third-order valence-electron chi connectivity index (χ3n) is 7.96. The van der Waals surface area contributed by atoms with Crippen LogP contribution in [-0.2, 0) is 25.4 Å². The van der Waals surface area contributed by atoms with E-state index in [1.54, 1.807) is 0 Å². The Morgan fingerprint density at radius 1 is 0.465 bits per heavy atom. The van der Waals surface area contributed by atoms with Gasteiger partial charge in [-0.25, -0.2) is 9.59 Å². The lowest BCUT2D eigenvalue weighted by Crippen LogP contribution is -2.45. The summed E-state index contributed by atoms with van der Waals surface area (Å²) < 4.78 is 5.76. The molecular weight excluding hydrogens is 544 g/mol. The molecule has 2 fully saturated rings. The van der Waals surface area contributed by atoms with Crippen molar-refractivity contribution in [1.29, 1.82) is 0 Å². The van der Waals surface area contributed by atoms with E-state index in [0.717, 1.165) is 9.80 Å².